The lowest BCUT2D eigenvalue weighted by atomic mass is 10.0. The second-order valence-electron chi connectivity index (χ2n) is 3.66. The molecule has 16 heavy (non-hydrogen) atoms. The Bertz CT molecular complexity index is 433. The van der Waals surface area contributed by atoms with Gasteiger partial charge in [-0.25, -0.2) is 9.18 Å². The van der Waals surface area contributed by atoms with Gasteiger partial charge in [-0.2, -0.15) is 0 Å². The Hall–Kier alpha value is -1.78. The summed E-state index contributed by atoms with van der Waals surface area (Å²) in [5.74, 6) is 0.0287. The van der Waals surface area contributed by atoms with Crippen molar-refractivity contribution in [1.82, 2.24) is 5.32 Å². The molecule has 2 rings (SSSR count). The molecule has 0 aliphatic carbocycles. The van der Waals surface area contributed by atoms with Crippen molar-refractivity contribution in [2.45, 2.75) is 13.0 Å². The second-order valence-corrected chi connectivity index (χ2v) is 3.66. The Kier molecular flexibility index (Phi) is 2.68. The highest BCUT2D eigenvalue weighted by Crippen LogP contribution is 2.31. The molecule has 1 aliphatic heterocycles. The van der Waals surface area contributed by atoms with E-state index in [1.807, 2.05) is 0 Å². The van der Waals surface area contributed by atoms with Crippen LogP contribution in [0.15, 0.2) is 12.1 Å². The van der Waals surface area contributed by atoms with Gasteiger partial charge in [0.05, 0.1) is 18.7 Å². The molecule has 0 bridgehead atoms. The SMILES string of the molecule is COc1cc(C)cc(F)c1C1COC(=O)N1. The number of carbonyl (C=O) groups excluding carboxylic acids is 1. The largest absolute Gasteiger partial charge is 0.496 e. The average molecular weight is 225 g/mol. The zero-order chi connectivity index (χ0) is 11.7. The number of hydrogen-bond donors (Lipinski definition) is 1. The van der Waals surface area contributed by atoms with Gasteiger partial charge in [0.1, 0.15) is 18.2 Å². The topological polar surface area (TPSA) is 47.6 Å². The van der Waals surface area contributed by atoms with E-state index in [1.54, 1.807) is 13.0 Å². The summed E-state index contributed by atoms with van der Waals surface area (Å²) in [6.45, 7) is 1.90. The fraction of sp³-hybridized carbons (Fsp3) is 0.364. The van der Waals surface area contributed by atoms with Gasteiger partial charge < -0.3 is 14.8 Å². The molecule has 4 nitrogen and oxygen atoms in total. The summed E-state index contributed by atoms with van der Waals surface area (Å²) in [5.41, 5.74) is 1.10. The number of carbonyl (C=O) groups is 1. The van der Waals surface area contributed by atoms with Crippen LogP contribution in [0.4, 0.5) is 9.18 Å². The third-order valence-corrected chi connectivity index (χ3v) is 2.48. The van der Waals surface area contributed by atoms with Gasteiger partial charge in [-0.15, -0.1) is 0 Å². The van der Waals surface area contributed by atoms with Crippen LogP contribution < -0.4 is 10.1 Å². The maximum atomic E-state index is 13.8. The first kappa shape index (κ1) is 10.7. The number of amides is 1. The van der Waals surface area contributed by atoms with E-state index in [0.717, 1.165) is 5.56 Å². The predicted molar refractivity (Wildman–Crippen MR) is 54.9 cm³/mol. The molecular formula is C11H12FNO3. The van der Waals surface area contributed by atoms with E-state index in [0.29, 0.717) is 11.3 Å². The van der Waals surface area contributed by atoms with E-state index in [4.69, 9.17) is 9.47 Å². The molecule has 0 radical (unpaired) electrons. The number of ether oxygens (including phenoxy) is 2. The Balaban J connectivity index is 2.42. The minimum Gasteiger partial charge on any atom is -0.496 e. The Morgan fingerprint density at radius 2 is 2.31 bits per heavy atom. The van der Waals surface area contributed by atoms with E-state index in [-0.39, 0.29) is 6.61 Å². The minimum atomic E-state index is -0.535. The minimum absolute atomic E-state index is 0.120. The van der Waals surface area contributed by atoms with Gasteiger partial charge in [-0.05, 0) is 24.6 Å². The van der Waals surface area contributed by atoms with Crippen LogP contribution in [0.1, 0.15) is 17.2 Å². The Morgan fingerprint density at radius 1 is 1.56 bits per heavy atom. The number of cyclic esters (lactones) is 1. The highest BCUT2D eigenvalue weighted by atomic mass is 19.1. The highest BCUT2D eigenvalue weighted by molar-refractivity contribution is 5.70. The smallest absolute Gasteiger partial charge is 0.407 e. The van der Waals surface area contributed by atoms with Crippen molar-refractivity contribution in [3.63, 3.8) is 0 Å². The molecule has 0 aromatic heterocycles. The third kappa shape index (κ3) is 1.80. The van der Waals surface area contributed by atoms with E-state index in [2.05, 4.69) is 5.32 Å². The molecule has 1 aromatic carbocycles. The molecule has 5 heteroatoms. The highest BCUT2D eigenvalue weighted by Gasteiger charge is 2.29. The summed E-state index contributed by atoms with van der Waals surface area (Å²) in [6, 6.07) is 2.65. The van der Waals surface area contributed by atoms with Crippen molar-refractivity contribution in [2.24, 2.45) is 0 Å². The molecule has 1 heterocycles. The Labute approximate surface area is 92.4 Å². The van der Waals surface area contributed by atoms with Crippen molar-refractivity contribution in [2.75, 3.05) is 13.7 Å². The Morgan fingerprint density at radius 3 is 2.88 bits per heavy atom. The van der Waals surface area contributed by atoms with Gasteiger partial charge in [-0.1, -0.05) is 0 Å². The van der Waals surface area contributed by atoms with Crippen LogP contribution in [-0.2, 0) is 4.74 Å². The lowest BCUT2D eigenvalue weighted by Gasteiger charge is -2.14. The molecule has 1 aliphatic rings. The van der Waals surface area contributed by atoms with Crippen LogP contribution in [0.5, 0.6) is 5.75 Å². The lowest BCUT2D eigenvalue weighted by molar-refractivity contribution is 0.176. The van der Waals surface area contributed by atoms with Crippen molar-refractivity contribution in [3.8, 4) is 5.75 Å². The number of nitrogens with one attached hydrogen (secondary N) is 1. The average Bonchev–Trinajstić information content (AvgIpc) is 2.63. The zero-order valence-electron chi connectivity index (χ0n) is 9.04. The van der Waals surface area contributed by atoms with E-state index >= 15 is 0 Å². The molecule has 0 saturated carbocycles. The number of rotatable bonds is 2. The van der Waals surface area contributed by atoms with Gasteiger partial charge in [0, 0.05) is 0 Å². The fourth-order valence-corrected chi connectivity index (χ4v) is 1.77. The van der Waals surface area contributed by atoms with Crippen LogP contribution >= 0.6 is 0 Å². The standard InChI is InChI=1S/C11H12FNO3/c1-6-3-7(12)10(9(4-6)15-2)8-5-16-11(14)13-8/h3-4,8H,5H2,1-2H3,(H,13,14). The molecule has 1 amide bonds. The van der Waals surface area contributed by atoms with Crippen LogP contribution in [-0.4, -0.2) is 19.8 Å². The summed E-state index contributed by atoms with van der Waals surface area (Å²) in [5, 5.41) is 2.52. The van der Waals surface area contributed by atoms with Crippen molar-refractivity contribution < 1.29 is 18.7 Å². The fourth-order valence-electron chi connectivity index (χ4n) is 1.77. The van der Waals surface area contributed by atoms with Crippen molar-refractivity contribution in [1.29, 1.82) is 0 Å². The maximum absolute atomic E-state index is 13.8. The molecule has 1 fully saturated rings. The van der Waals surface area contributed by atoms with Crippen LogP contribution in [0.3, 0.4) is 0 Å². The number of hydrogen-bond acceptors (Lipinski definition) is 3. The number of methoxy groups -OCH3 is 1. The van der Waals surface area contributed by atoms with Crippen LogP contribution in [0.25, 0.3) is 0 Å². The normalized spacial score (nSPS) is 19.2. The predicted octanol–water partition coefficient (Wildman–Crippen LogP) is 1.92. The van der Waals surface area contributed by atoms with Crippen LogP contribution in [0, 0.1) is 12.7 Å². The van der Waals surface area contributed by atoms with Crippen molar-refractivity contribution >= 4 is 6.09 Å². The number of halogens is 1. The summed E-state index contributed by atoms with van der Waals surface area (Å²) < 4.78 is 23.6. The quantitative estimate of drug-likeness (QED) is 0.836. The maximum Gasteiger partial charge on any atom is 0.407 e. The summed E-state index contributed by atoms with van der Waals surface area (Å²) in [4.78, 5) is 10.9. The molecule has 0 spiro atoms. The monoisotopic (exact) mass is 225 g/mol. The molecular weight excluding hydrogens is 213 g/mol. The van der Waals surface area contributed by atoms with Crippen molar-refractivity contribution in [3.05, 3.63) is 29.1 Å². The molecule has 1 saturated heterocycles. The first-order valence-corrected chi connectivity index (χ1v) is 4.89. The molecule has 1 atom stereocenters. The van der Waals surface area contributed by atoms with Gasteiger partial charge in [0.25, 0.3) is 0 Å². The summed E-state index contributed by atoms with van der Waals surface area (Å²) in [7, 11) is 1.47. The zero-order valence-corrected chi connectivity index (χ0v) is 9.04. The molecule has 1 unspecified atom stereocenters. The summed E-state index contributed by atoms with van der Waals surface area (Å²) in [6.07, 6.45) is -0.535. The molecule has 1 aromatic rings. The lowest BCUT2D eigenvalue weighted by Crippen LogP contribution is -2.20. The van der Waals surface area contributed by atoms with E-state index in [9.17, 15) is 9.18 Å². The van der Waals surface area contributed by atoms with Gasteiger partial charge in [-0.3, -0.25) is 0 Å². The first-order valence-electron chi connectivity index (χ1n) is 4.89. The molecule has 86 valence electrons. The second kappa shape index (κ2) is 4.00. The molecule has 1 N–H and O–H groups in total. The van der Waals surface area contributed by atoms with E-state index < -0.39 is 18.0 Å². The van der Waals surface area contributed by atoms with Gasteiger partial charge >= 0.3 is 6.09 Å². The third-order valence-electron chi connectivity index (χ3n) is 2.48. The number of benzene rings is 1. The number of alkyl carbamates (subject to hydrolysis) is 1. The van der Waals surface area contributed by atoms with Crippen LogP contribution in [0.2, 0.25) is 0 Å². The number of aryl methyl sites for hydroxylation is 1. The first-order chi connectivity index (χ1) is 7.61. The van der Waals surface area contributed by atoms with E-state index in [1.165, 1.54) is 13.2 Å². The van der Waals surface area contributed by atoms with Gasteiger partial charge in [0.2, 0.25) is 0 Å². The summed E-state index contributed by atoms with van der Waals surface area (Å²) >= 11 is 0. The van der Waals surface area contributed by atoms with Gasteiger partial charge in [0.15, 0.2) is 0 Å².